The molecule has 5 aromatic rings. The Labute approximate surface area is 185 Å². The van der Waals surface area contributed by atoms with E-state index in [1.807, 2.05) is 30.5 Å². The Morgan fingerprint density at radius 2 is 1.72 bits per heavy atom. The maximum atomic E-state index is 5.42. The van der Waals surface area contributed by atoms with Crippen LogP contribution in [0, 0.1) is 20.8 Å². The van der Waals surface area contributed by atoms with E-state index < -0.39 is 0 Å². The molecule has 32 heavy (non-hydrogen) atoms. The lowest BCUT2D eigenvalue weighted by Gasteiger charge is -2.08. The Hall–Kier alpha value is -3.94. The van der Waals surface area contributed by atoms with E-state index in [9.17, 15) is 0 Å². The van der Waals surface area contributed by atoms with Gasteiger partial charge in [0.2, 0.25) is 0 Å². The molecule has 0 aliphatic carbocycles. The maximum absolute atomic E-state index is 5.42. The van der Waals surface area contributed by atoms with E-state index in [-0.39, 0.29) is 0 Å². The monoisotopic (exact) mass is 428 g/mol. The first-order valence-electron chi connectivity index (χ1n) is 10.4. The normalized spacial score (nSPS) is 11.4. The molecule has 0 fully saturated rings. The molecule has 5 rings (SSSR count). The second-order valence-corrected chi connectivity index (χ2v) is 7.84. The standard InChI is InChI=1S/C24H24N6O2/c1-14-8-9-25-21(10-14)30-16(3)15(2)22-23(30)26-13-29-24(22)27-20(28-29)12-17-6-7-18(31-4)19(11-17)32-5/h6-11,13H,12H2,1-5H3. The Bertz CT molecular complexity index is 1470. The van der Waals surface area contributed by atoms with Crippen molar-refractivity contribution in [2.24, 2.45) is 0 Å². The fourth-order valence-corrected chi connectivity index (χ4v) is 4.08. The van der Waals surface area contributed by atoms with Crippen molar-refractivity contribution in [2.45, 2.75) is 27.2 Å². The minimum absolute atomic E-state index is 0.571. The molecule has 0 saturated heterocycles. The third-order valence-electron chi connectivity index (χ3n) is 5.82. The zero-order valence-electron chi connectivity index (χ0n) is 18.7. The van der Waals surface area contributed by atoms with Gasteiger partial charge in [-0.25, -0.2) is 19.5 Å². The first-order valence-corrected chi connectivity index (χ1v) is 10.4. The van der Waals surface area contributed by atoms with Gasteiger partial charge in [0.25, 0.3) is 0 Å². The van der Waals surface area contributed by atoms with E-state index in [1.54, 1.807) is 25.1 Å². The lowest BCUT2D eigenvalue weighted by Crippen LogP contribution is -2.01. The lowest BCUT2D eigenvalue weighted by molar-refractivity contribution is 0.354. The van der Waals surface area contributed by atoms with Crippen LogP contribution in [0.1, 0.15) is 28.2 Å². The van der Waals surface area contributed by atoms with Crippen molar-refractivity contribution in [2.75, 3.05) is 14.2 Å². The Morgan fingerprint density at radius 3 is 2.47 bits per heavy atom. The summed E-state index contributed by atoms with van der Waals surface area (Å²) in [5.74, 6) is 2.95. The van der Waals surface area contributed by atoms with Crippen LogP contribution in [-0.2, 0) is 6.42 Å². The summed E-state index contributed by atoms with van der Waals surface area (Å²) in [6.07, 6.45) is 4.11. The molecular weight excluding hydrogens is 404 g/mol. The Kier molecular flexibility index (Phi) is 4.77. The van der Waals surface area contributed by atoms with Gasteiger partial charge in [0.05, 0.1) is 19.6 Å². The van der Waals surface area contributed by atoms with Crippen LogP contribution in [0.2, 0.25) is 0 Å². The molecule has 0 spiro atoms. The van der Waals surface area contributed by atoms with E-state index in [0.29, 0.717) is 23.7 Å². The molecule has 8 nitrogen and oxygen atoms in total. The van der Waals surface area contributed by atoms with Crippen molar-refractivity contribution in [3.63, 3.8) is 0 Å². The summed E-state index contributed by atoms with van der Waals surface area (Å²) in [4.78, 5) is 14.1. The van der Waals surface area contributed by atoms with Gasteiger partial charge in [0.15, 0.2) is 28.6 Å². The molecule has 0 unspecified atom stereocenters. The zero-order chi connectivity index (χ0) is 22.4. The minimum atomic E-state index is 0.571. The molecule has 4 aromatic heterocycles. The average molecular weight is 428 g/mol. The summed E-state index contributed by atoms with van der Waals surface area (Å²) >= 11 is 0. The summed E-state index contributed by atoms with van der Waals surface area (Å²) in [5.41, 5.74) is 6.01. The molecule has 0 bridgehead atoms. The smallest absolute Gasteiger partial charge is 0.168 e. The number of hydrogen-bond donors (Lipinski definition) is 0. The number of ether oxygens (including phenoxy) is 2. The highest BCUT2D eigenvalue weighted by molar-refractivity contribution is 5.94. The number of hydrogen-bond acceptors (Lipinski definition) is 6. The predicted octanol–water partition coefficient (Wildman–Crippen LogP) is 4.00. The van der Waals surface area contributed by atoms with Crippen LogP contribution in [0.15, 0.2) is 42.9 Å². The highest BCUT2D eigenvalue weighted by atomic mass is 16.5. The van der Waals surface area contributed by atoms with Gasteiger partial charge in [-0.1, -0.05) is 6.07 Å². The largest absolute Gasteiger partial charge is 0.493 e. The summed E-state index contributed by atoms with van der Waals surface area (Å²) in [7, 11) is 3.26. The van der Waals surface area contributed by atoms with Crippen LogP contribution in [0.4, 0.5) is 0 Å². The van der Waals surface area contributed by atoms with Gasteiger partial charge in [-0.2, -0.15) is 0 Å². The number of aromatic nitrogens is 6. The molecule has 0 amide bonds. The number of pyridine rings is 1. The number of benzene rings is 1. The number of nitrogens with zero attached hydrogens (tertiary/aromatic N) is 6. The second kappa shape index (κ2) is 7.64. The molecule has 0 atom stereocenters. The van der Waals surface area contributed by atoms with Crippen LogP contribution < -0.4 is 9.47 Å². The quantitative estimate of drug-likeness (QED) is 0.421. The average Bonchev–Trinajstić information content (AvgIpc) is 3.31. The van der Waals surface area contributed by atoms with E-state index >= 15 is 0 Å². The van der Waals surface area contributed by atoms with Gasteiger partial charge >= 0.3 is 0 Å². The molecule has 0 radical (unpaired) electrons. The molecule has 162 valence electrons. The van der Waals surface area contributed by atoms with Crippen molar-refractivity contribution in [1.29, 1.82) is 0 Å². The van der Waals surface area contributed by atoms with Gasteiger partial charge in [0.1, 0.15) is 12.1 Å². The van der Waals surface area contributed by atoms with Crippen LogP contribution in [0.25, 0.3) is 22.5 Å². The van der Waals surface area contributed by atoms with E-state index in [4.69, 9.17) is 19.4 Å². The maximum Gasteiger partial charge on any atom is 0.168 e. The predicted molar refractivity (Wildman–Crippen MR) is 122 cm³/mol. The number of fused-ring (bicyclic) bond motifs is 3. The fourth-order valence-electron chi connectivity index (χ4n) is 4.08. The third-order valence-corrected chi connectivity index (χ3v) is 5.82. The number of methoxy groups -OCH3 is 2. The van der Waals surface area contributed by atoms with Crippen LogP contribution >= 0.6 is 0 Å². The first-order chi connectivity index (χ1) is 15.5. The van der Waals surface area contributed by atoms with Gasteiger partial charge in [-0.05, 0) is 61.7 Å². The molecule has 0 saturated carbocycles. The summed E-state index contributed by atoms with van der Waals surface area (Å²) in [5, 5.41) is 5.65. The summed E-state index contributed by atoms with van der Waals surface area (Å²) < 4.78 is 14.6. The second-order valence-electron chi connectivity index (χ2n) is 7.84. The zero-order valence-corrected chi connectivity index (χ0v) is 18.7. The summed E-state index contributed by atoms with van der Waals surface area (Å²) in [6, 6.07) is 9.89. The topological polar surface area (TPSA) is 79.4 Å². The van der Waals surface area contributed by atoms with E-state index in [0.717, 1.165) is 44.9 Å². The minimum Gasteiger partial charge on any atom is -0.493 e. The first kappa shape index (κ1) is 20.0. The third kappa shape index (κ3) is 3.15. The van der Waals surface area contributed by atoms with Crippen LogP contribution in [0.3, 0.4) is 0 Å². The van der Waals surface area contributed by atoms with E-state index in [2.05, 4.69) is 41.5 Å². The molecule has 0 aliphatic heterocycles. The Balaban J connectivity index is 1.62. The Morgan fingerprint density at radius 1 is 0.906 bits per heavy atom. The van der Waals surface area contributed by atoms with Crippen molar-refractivity contribution in [3.05, 3.63) is 71.1 Å². The van der Waals surface area contributed by atoms with Gasteiger partial charge < -0.3 is 9.47 Å². The highest BCUT2D eigenvalue weighted by Gasteiger charge is 2.19. The number of aryl methyl sites for hydroxylation is 2. The molecule has 0 N–H and O–H groups in total. The molecular formula is C24H24N6O2. The summed E-state index contributed by atoms with van der Waals surface area (Å²) in [6.45, 7) is 6.23. The molecule has 8 heteroatoms. The fraction of sp³-hybridized carbons (Fsp3) is 0.250. The van der Waals surface area contributed by atoms with E-state index in [1.165, 1.54) is 0 Å². The van der Waals surface area contributed by atoms with Crippen molar-refractivity contribution >= 4 is 16.7 Å². The SMILES string of the molecule is COc1ccc(Cc2nc3c4c(C)c(C)n(-c5cc(C)ccn5)c4ncn3n2)cc1OC. The molecule has 4 heterocycles. The van der Waals surface area contributed by atoms with Crippen LogP contribution in [-0.4, -0.2) is 43.4 Å². The molecule has 0 aliphatic rings. The molecule has 1 aromatic carbocycles. The highest BCUT2D eigenvalue weighted by Crippen LogP contribution is 2.30. The lowest BCUT2D eigenvalue weighted by atomic mass is 10.1. The van der Waals surface area contributed by atoms with Gasteiger partial charge in [-0.3, -0.25) is 4.57 Å². The van der Waals surface area contributed by atoms with Gasteiger partial charge in [0, 0.05) is 18.3 Å². The van der Waals surface area contributed by atoms with Crippen LogP contribution in [0.5, 0.6) is 11.5 Å². The number of rotatable bonds is 5. The van der Waals surface area contributed by atoms with Crippen molar-refractivity contribution in [3.8, 4) is 17.3 Å². The van der Waals surface area contributed by atoms with Gasteiger partial charge in [-0.15, -0.1) is 5.10 Å². The van der Waals surface area contributed by atoms with Crippen molar-refractivity contribution in [1.82, 2.24) is 29.1 Å². The van der Waals surface area contributed by atoms with Crippen molar-refractivity contribution < 1.29 is 9.47 Å².